The Kier molecular flexibility index (Phi) is 5.14. The number of benzene rings is 4. The van der Waals surface area contributed by atoms with Gasteiger partial charge in [0.2, 0.25) is 0 Å². The summed E-state index contributed by atoms with van der Waals surface area (Å²) in [6.07, 6.45) is 8.76. The van der Waals surface area contributed by atoms with Crippen LogP contribution in [0.4, 0.5) is 0 Å². The Bertz CT molecular complexity index is 2000. The van der Waals surface area contributed by atoms with Gasteiger partial charge in [-0.15, -0.1) is 0 Å². The lowest BCUT2D eigenvalue weighted by atomic mass is 9.43. The van der Waals surface area contributed by atoms with E-state index in [1.165, 1.54) is 54.0 Å². The Labute approximate surface area is 257 Å². The summed E-state index contributed by atoms with van der Waals surface area (Å²) < 4.78 is 0. The minimum Gasteiger partial charge on any atom is -0.253 e. The number of fused-ring (bicyclic) bond motifs is 5. The third-order valence-corrected chi connectivity index (χ3v) is 11.4. The molecule has 0 amide bonds. The highest BCUT2D eigenvalue weighted by Crippen LogP contribution is 2.70. The van der Waals surface area contributed by atoms with E-state index in [1.807, 2.05) is 36.4 Å². The second kappa shape index (κ2) is 9.15. The van der Waals surface area contributed by atoms with Gasteiger partial charge in [-0.2, -0.15) is 0 Å². The first kappa shape index (κ1) is 24.7. The Morgan fingerprint density at radius 2 is 1.23 bits per heavy atom. The van der Waals surface area contributed by atoms with E-state index in [4.69, 9.17) is 15.0 Å². The normalized spacial score (nSPS) is 25.8. The van der Waals surface area contributed by atoms with E-state index in [0.29, 0.717) is 17.5 Å². The number of hydrogen-bond acceptors (Lipinski definition) is 4. The standard InChI is InChI=1S/C40H32N4/c1-2-9-27(10-3-1)37-42-38(44-39(43-37)35-12-6-7-17-41-35)28-14-15-33-32(23-28)36-31-11-5-4-8-26(31)13-16-34(36)40(33)29-19-24-18-25(21-29)22-30(40)20-24/h1-17,23-25,29-30H,18-22H2. The third-order valence-electron chi connectivity index (χ3n) is 11.4. The molecule has 4 saturated carbocycles. The summed E-state index contributed by atoms with van der Waals surface area (Å²) in [4.78, 5) is 19.6. The van der Waals surface area contributed by atoms with Crippen LogP contribution in [-0.4, -0.2) is 19.9 Å². The van der Waals surface area contributed by atoms with Gasteiger partial charge < -0.3 is 0 Å². The summed E-state index contributed by atoms with van der Waals surface area (Å²) in [5, 5.41) is 2.68. The summed E-state index contributed by atoms with van der Waals surface area (Å²) in [7, 11) is 0. The molecule has 4 heteroatoms. The predicted molar refractivity (Wildman–Crippen MR) is 175 cm³/mol. The molecule has 0 atom stereocenters. The molecule has 0 aliphatic heterocycles. The van der Waals surface area contributed by atoms with Crippen molar-refractivity contribution >= 4 is 10.8 Å². The average Bonchev–Trinajstić information content (AvgIpc) is 3.38. The molecular weight excluding hydrogens is 536 g/mol. The number of rotatable bonds is 3. The van der Waals surface area contributed by atoms with Crippen molar-refractivity contribution in [2.75, 3.05) is 0 Å². The maximum Gasteiger partial charge on any atom is 0.182 e. The van der Waals surface area contributed by atoms with Crippen LogP contribution < -0.4 is 0 Å². The molecule has 2 aromatic heterocycles. The summed E-state index contributed by atoms with van der Waals surface area (Å²) in [5.74, 6) is 5.24. The van der Waals surface area contributed by atoms with E-state index in [2.05, 4.69) is 71.7 Å². The topological polar surface area (TPSA) is 51.6 Å². The highest BCUT2D eigenvalue weighted by atomic mass is 15.0. The lowest BCUT2D eigenvalue weighted by Gasteiger charge is -2.61. The first-order valence-corrected chi connectivity index (χ1v) is 16.2. The van der Waals surface area contributed by atoms with Crippen LogP contribution in [0.3, 0.4) is 0 Å². The summed E-state index contributed by atoms with van der Waals surface area (Å²) >= 11 is 0. The molecule has 5 aliphatic rings. The van der Waals surface area contributed by atoms with E-state index in [1.54, 1.807) is 17.3 Å². The van der Waals surface area contributed by atoms with Crippen molar-refractivity contribution in [3.8, 4) is 45.4 Å². The van der Waals surface area contributed by atoms with E-state index < -0.39 is 0 Å². The molecule has 5 aliphatic carbocycles. The van der Waals surface area contributed by atoms with Gasteiger partial charge in [-0.25, -0.2) is 15.0 Å². The van der Waals surface area contributed by atoms with E-state index in [0.717, 1.165) is 40.5 Å². The monoisotopic (exact) mass is 568 g/mol. The van der Waals surface area contributed by atoms with Gasteiger partial charge in [0.15, 0.2) is 17.5 Å². The van der Waals surface area contributed by atoms with Crippen molar-refractivity contribution in [1.29, 1.82) is 0 Å². The first-order chi connectivity index (χ1) is 21.8. The molecule has 0 radical (unpaired) electrons. The molecule has 212 valence electrons. The zero-order chi connectivity index (χ0) is 28.8. The van der Waals surface area contributed by atoms with E-state index >= 15 is 0 Å². The minimum atomic E-state index is 0.119. The Morgan fingerprint density at radius 1 is 0.545 bits per heavy atom. The minimum absolute atomic E-state index is 0.119. The highest BCUT2D eigenvalue weighted by Gasteiger charge is 2.61. The summed E-state index contributed by atoms with van der Waals surface area (Å²) in [5.41, 5.74) is 8.80. The Morgan fingerprint density at radius 3 is 2.00 bits per heavy atom. The molecular formula is C40H32N4. The molecule has 4 bridgehead atoms. The van der Waals surface area contributed by atoms with Gasteiger partial charge in [-0.3, -0.25) is 4.98 Å². The van der Waals surface area contributed by atoms with Crippen molar-refractivity contribution in [3.63, 3.8) is 0 Å². The number of hydrogen-bond donors (Lipinski definition) is 0. The average molecular weight is 569 g/mol. The molecule has 1 spiro atoms. The molecule has 44 heavy (non-hydrogen) atoms. The first-order valence-electron chi connectivity index (χ1n) is 16.2. The zero-order valence-electron chi connectivity index (χ0n) is 24.5. The molecule has 4 nitrogen and oxygen atoms in total. The third kappa shape index (κ3) is 3.40. The van der Waals surface area contributed by atoms with Gasteiger partial charge in [-0.1, -0.05) is 84.9 Å². The molecule has 4 aromatic carbocycles. The van der Waals surface area contributed by atoms with Gasteiger partial charge in [0.1, 0.15) is 5.69 Å². The predicted octanol–water partition coefficient (Wildman–Crippen LogP) is 9.14. The lowest BCUT2D eigenvalue weighted by molar-refractivity contribution is -0.0399. The van der Waals surface area contributed by atoms with Crippen molar-refractivity contribution in [2.24, 2.45) is 23.7 Å². The van der Waals surface area contributed by atoms with Gasteiger partial charge >= 0.3 is 0 Å². The number of aromatic nitrogens is 4. The van der Waals surface area contributed by atoms with Crippen LogP contribution >= 0.6 is 0 Å². The fourth-order valence-corrected chi connectivity index (χ4v) is 9.94. The quantitative estimate of drug-likeness (QED) is 0.214. The number of nitrogens with zero attached hydrogens (tertiary/aromatic N) is 4. The zero-order valence-corrected chi connectivity index (χ0v) is 24.5. The van der Waals surface area contributed by atoms with Crippen molar-refractivity contribution in [3.05, 3.63) is 120 Å². The van der Waals surface area contributed by atoms with Crippen LogP contribution in [0.2, 0.25) is 0 Å². The van der Waals surface area contributed by atoms with Crippen molar-refractivity contribution in [1.82, 2.24) is 19.9 Å². The Balaban J connectivity index is 1.21. The van der Waals surface area contributed by atoms with Gasteiger partial charge in [-0.05, 0) is 107 Å². The second-order valence-electron chi connectivity index (χ2n) is 13.5. The summed E-state index contributed by atoms with van der Waals surface area (Å²) in [6.45, 7) is 0. The smallest absolute Gasteiger partial charge is 0.182 e. The van der Waals surface area contributed by atoms with Gasteiger partial charge in [0.05, 0.1) is 0 Å². The maximum atomic E-state index is 5.07. The molecule has 2 heterocycles. The van der Waals surface area contributed by atoms with E-state index in [-0.39, 0.29) is 5.41 Å². The Hall–Kier alpha value is -4.70. The molecule has 0 N–H and O–H groups in total. The molecule has 0 unspecified atom stereocenters. The number of pyridine rings is 1. The SMILES string of the molecule is c1ccc(-c2nc(-c3ccc4c(c3)-c3c(ccc5ccccc35)C43C4CC5CC(C4)CC3C5)nc(-c3ccccn3)n2)cc1. The summed E-state index contributed by atoms with van der Waals surface area (Å²) in [6, 6.07) is 37.0. The fourth-order valence-electron chi connectivity index (χ4n) is 9.94. The van der Waals surface area contributed by atoms with Crippen molar-refractivity contribution in [2.45, 2.75) is 37.5 Å². The van der Waals surface area contributed by atoms with Crippen LogP contribution in [0.15, 0.2) is 109 Å². The van der Waals surface area contributed by atoms with Crippen LogP contribution in [0, 0.1) is 23.7 Å². The van der Waals surface area contributed by atoms with Gasteiger partial charge in [0.25, 0.3) is 0 Å². The second-order valence-corrected chi connectivity index (χ2v) is 13.5. The van der Waals surface area contributed by atoms with Crippen LogP contribution in [-0.2, 0) is 5.41 Å². The van der Waals surface area contributed by atoms with Crippen LogP contribution in [0.5, 0.6) is 0 Å². The van der Waals surface area contributed by atoms with E-state index in [9.17, 15) is 0 Å². The van der Waals surface area contributed by atoms with Crippen molar-refractivity contribution < 1.29 is 0 Å². The fraction of sp³-hybridized carbons (Fsp3) is 0.250. The van der Waals surface area contributed by atoms with Crippen LogP contribution in [0.25, 0.3) is 56.2 Å². The maximum absolute atomic E-state index is 5.07. The molecule has 6 aromatic rings. The molecule has 11 rings (SSSR count). The largest absolute Gasteiger partial charge is 0.253 e. The molecule has 4 fully saturated rings. The lowest BCUT2D eigenvalue weighted by Crippen LogP contribution is -2.55. The van der Waals surface area contributed by atoms with Crippen LogP contribution in [0.1, 0.15) is 43.2 Å². The van der Waals surface area contributed by atoms with Gasteiger partial charge in [0, 0.05) is 22.7 Å². The highest BCUT2D eigenvalue weighted by molar-refractivity contribution is 6.03. The molecule has 0 saturated heterocycles.